The topological polar surface area (TPSA) is 41.9 Å². The Morgan fingerprint density at radius 2 is 2.00 bits per heavy atom. The van der Waals surface area contributed by atoms with E-state index < -0.39 is 6.10 Å². The lowest BCUT2D eigenvalue weighted by atomic mass is 9.90. The fourth-order valence-corrected chi connectivity index (χ4v) is 3.96. The minimum atomic E-state index is -0.521. The molecule has 1 aromatic rings. The second-order valence-electron chi connectivity index (χ2n) is 6.53. The van der Waals surface area contributed by atoms with Crippen LogP contribution in [0.4, 0.5) is 0 Å². The number of ether oxygens (including phenoxy) is 2. The number of aliphatic hydroxyl groups excluding tert-OH is 1. The lowest BCUT2D eigenvalue weighted by Gasteiger charge is -2.47. The van der Waals surface area contributed by atoms with E-state index in [2.05, 4.69) is 18.7 Å². The molecule has 0 bridgehead atoms. The maximum absolute atomic E-state index is 10.9. The van der Waals surface area contributed by atoms with Crippen LogP contribution in [0.25, 0.3) is 0 Å². The highest BCUT2D eigenvalue weighted by Crippen LogP contribution is 2.39. The first-order valence-electron chi connectivity index (χ1n) is 8.46. The summed E-state index contributed by atoms with van der Waals surface area (Å²) < 4.78 is 11.5. The van der Waals surface area contributed by atoms with Crippen molar-refractivity contribution in [2.75, 3.05) is 13.2 Å². The summed E-state index contributed by atoms with van der Waals surface area (Å²) in [5.74, 6) is 1.58. The van der Waals surface area contributed by atoms with Crippen molar-refractivity contribution < 1.29 is 14.6 Å². The molecule has 1 N–H and O–H groups in total. The predicted molar refractivity (Wildman–Crippen MR) is 86.5 cm³/mol. The summed E-state index contributed by atoms with van der Waals surface area (Å²) in [6.07, 6.45) is 3.14. The van der Waals surface area contributed by atoms with E-state index in [1.54, 1.807) is 0 Å². The van der Waals surface area contributed by atoms with E-state index in [9.17, 15) is 5.11 Å². The van der Waals surface area contributed by atoms with Gasteiger partial charge >= 0.3 is 0 Å². The van der Waals surface area contributed by atoms with Gasteiger partial charge < -0.3 is 14.6 Å². The minimum absolute atomic E-state index is 0.0228. The van der Waals surface area contributed by atoms with E-state index in [0.717, 1.165) is 17.1 Å². The van der Waals surface area contributed by atoms with Crippen molar-refractivity contribution in [1.82, 2.24) is 4.90 Å². The van der Waals surface area contributed by atoms with Gasteiger partial charge in [0.1, 0.15) is 24.2 Å². The number of hydrogen-bond donors (Lipinski definition) is 1. The lowest BCUT2D eigenvalue weighted by molar-refractivity contribution is -0.0471. The average molecular weight is 305 g/mol. The van der Waals surface area contributed by atoms with Crippen molar-refractivity contribution in [1.29, 1.82) is 0 Å². The molecule has 1 aromatic carbocycles. The second-order valence-corrected chi connectivity index (χ2v) is 6.53. The van der Waals surface area contributed by atoms with Crippen LogP contribution in [0.2, 0.25) is 0 Å². The molecule has 4 unspecified atom stereocenters. The SMILES string of the molecule is CCOc1ccc2c(c1)C(O)C(N1C(C)CCCC1C)CO2. The largest absolute Gasteiger partial charge is 0.494 e. The highest BCUT2D eigenvalue weighted by molar-refractivity contribution is 5.43. The number of aliphatic hydroxyl groups is 1. The second kappa shape index (κ2) is 6.47. The maximum Gasteiger partial charge on any atom is 0.125 e. The van der Waals surface area contributed by atoms with Crippen LogP contribution in [0.1, 0.15) is 51.7 Å². The Balaban J connectivity index is 1.86. The van der Waals surface area contributed by atoms with E-state index in [1.165, 1.54) is 19.3 Å². The van der Waals surface area contributed by atoms with Crippen molar-refractivity contribution in [3.63, 3.8) is 0 Å². The first kappa shape index (κ1) is 15.6. The molecule has 0 aliphatic carbocycles. The molecule has 22 heavy (non-hydrogen) atoms. The molecule has 1 saturated heterocycles. The van der Waals surface area contributed by atoms with Crippen LogP contribution in [-0.4, -0.2) is 41.3 Å². The highest BCUT2D eigenvalue weighted by atomic mass is 16.5. The third-order valence-corrected chi connectivity index (χ3v) is 5.03. The Kier molecular flexibility index (Phi) is 4.59. The number of likely N-dealkylation sites (tertiary alicyclic amines) is 1. The van der Waals surface area contributed by atoms with E-state index in [4.69, 9.17) is 9.47 Å². The molecule has 2 aliphatic heterocycles. The van der Waals surface area contributed by atoms with Gasteiger partial charge in [-0.1, -0.05) is 6.42 Å². The maximum atomic E-state index is 10.9. The Labute approximate surface area is 133 Å². The smallest absolute Gasteiger partial charge is 0.125 e. The minimum Gasteiger partial charge on any atom is -0.494 e. The molecule has 1 fully saturated rings. The van der Waals surface area contributed by atoms with E-state index >= 15 is 0 Å². The molecule has 0 radical (unpaired) electrons. The zero-order valence-corrected chi connectivity index (χ0v) is 13.8. The highest BCUT2D eigenvalue weighted by Gasteiger charge is 2.39. The standard InChI is InChI=1S/C18H27NO3/c1-4-21-14-8-9-17-15(10-14)18(20)16(11-22-17)19-12(2)6-5-7-13(19)3/h8-10,12-13,16,18,20H,4-7,11H2,1-3H3. The van der Waals surface area contributed by atoms with Crippen molar-refractivity contribution in [2.24, 2.45) is 0 Å². The Morgan fingerprint density at radius 3 is 2.68 bits per heavy atom. The summed E-state index contributed by atoms with van der Waals surface area (Å²) in [6, 6.07) is 6.74. The van der Waals surface area contributed by atoms with Gasteiger partial charge in [-0.15, -0.1) is 0 Å². The summed E-state index contributed by atoms with van der Waals surface area (Å²) in [4.78, 5) is 2.45. The molecule has 4 nitrogen and oxygen atoms in total. The van der Waals surface area contributed by atoms with Crippen molar-refractivity contribution >= 4 is 0 Å². The number of piperidine rings is 1. The van der Waals surface area contributed by atoms with Crippen LogP contribution in [0, 0.1) is 0 Å². The monoisotopic (exact) mass is 305 g/mol. The van der Waals surface area contributed by atoms with Crippen molar-refractivity contribution in [3.8, 4) is 11.5 Å². The number of hydrogen-bond acceptors (Lipinski definition) is 4. The molecule has 2 aliphatic rings. The molecule has 0 amide bonds. The molecule has 4 atom stereocenters. The van der Waals surface area contributed by atoms with Crippen LogP contribution in [0.5, 0.6) is 11.5 Å². The molecule has 122 valence electrons. The van der Waals surface area contributed by atoms with Gasteiger partial charge in [0.05, 0.1) is 12.6 Å². The van der Waals surface area contributed by atoms with Crippen LogP contribution >= 0.6 is 0 Å². The summed E-state index contributed by atoms with van der Waals surface area (Å²) in [7, 11) is 0. The normalized spacial score (nSPS) is 32.2. The van der Waals surface area contributed by atoms with Gasteiger partial charge in [-0.25, -0.2) is 0 Å². The molecule has 3 rings (SSSR count). The third-order valence-electron chi connectivity index (χ3n) is 5.03. The molecular formula is C18H27NO3. The molecule has 4 heteroatoms. The predicted octanol–water partition coefficient (Wildman–Crippen LogP) is 3.14. The van der Waals surface area contributed by atoms with Gasteiger partial charge in [0.25, 0.3) is 0 Å². The van der Waals surface area contributed by atoms with Gasteiger partial charge in [0.15, 0.2) is 0 Å². The number of rotatable bonds is 3. The molecular weight excluding hydrogens is 278 g/mol. The molecule has 0 spiro atoms. The molecule has 2 heterocycles. The average Bonchev–Trinajstić information content (AvgIpc) is 2.50. The zero-order valence-electron chi connectivity index (χ0n) is 13.8. The van der Waals surface area contributed by atoms with Crippen LogP contribution in [0.3, 0.4) is 0 Å². The van der Waals surface area contributed by atoms with Gasteiger partial charge in [-0.3, -0.25) is 4.90 Å². The van der Waals surface area contributed by atoms with Crippen LogP contribution in [0.15, 0.2) is 18.2 Å². The molecule has 0 saturated carbocycles. The third kappa shape index (κ3) is 2.82. The van der Waals surface area contributed by atoms with Crippen LogP contribution in [-0.2, 0) is 0 Å². The van der Waals surface area contributed by atoms with Gasteiger partial charge in [-0.2, -0.15) is 0 Å². The van der Waals surface area contributed by atoms with Gasteiger partial charge in [0.2, 0.25) is 0 Å². The fourth-order valence-electron chi connectivity index (χ4n) is 3.96. The van der Waals surface area contributed by atoms with Crippen molar-refractivity contribution in [2.45, 2.75) is 64.3 Å². The zero-order chi connectivity index (χ0) is 15.7. The van der Waals surface area contributed by atoms with Gasteiger partial charge in [-0.05, 0) is 51.8 Å². The van der Waals surface area contributed by atoms with E-state index in [-0.39, 0.29) is 6.04 Å². The Morgan fingerprint density at radius 1 is 1.27 bits per heavy atom. The number of nitrogens with zero attached hydrogens (tertiary/aromatic N) is 1. The van der Waals surface area contributed by atoms with Crippen LogP contribution < -0.4 is 9.47 Å². The Hall–Kier alpha value is -1.26. The summed E-state index contributed by atoms with van der Waals surface area (Å²) in [6.45, 7) is 7.66. The number of benzene rings is 1. The lowest BCUT2D eigenvalue weighted by Crippen LogP contribution is -2.55. The summed E-state index contributed by atoms with van der Waals surface area (Å²) in [5.41, 5.74) is 0.854. The summed E-state index contributed by atoms with van der Waals surface area (Å²) >= 11 is 0. The summed E-state index contributed by atoms with van der Waals surface area (Å²) in [5, 5.41) is 10.9. The van der Waals surface area contributed by atoms with Crippen molar-refractivity contribution in [3.05, 3.63) is 23.8 Å². The quantitative estimate of drug-likeness (QED) is 0.931. The first-order chi connectivity index (χ1) is 10.6. The first-order valence-corrected chi connectivity index (χ1v) is 8.46. The number of fused-ring (bicyclic) bond motifs is 1. The van der Waals surface area contributed by atoms with Gasteiger partial charge in [0, 0.05) is 17.6 Å². The van der Waals surface area contributed by atoms with E-state index in [1.807, 2.05) is 25.1 Å². The molecule has 0 aromatic heterocycles. The Bertz CT molecular complexity index is 509. The fraction of sp³-hybridized carbons (Fsp3) is 0.667. The van der Waals surface area contributed by atoms with E-state index in [0.29, 0.717) is 25.3 Å².